The van der Waals surface area contributed by atoms with Crippen LogP contribution >= 0.6 is 11.8 Å². The second-order valence-electron chi connectivity index (χ2n) is 3.40. The fourth-order valence-corrected chi connectivity index (χ4v) is 1.06. The molecule has 0 saturated carbocycles. The molecule has 0 aromatic heterocycles. The van der Waals surface area contributed by atoms with Gasteiger partial charge in [-0.1, -0.05) is 13.8 Å². The number of hydrogen-bond donors (Lipinski definition) is 2. The monoisotopic (exact) mass is 204 g/mol. The molecule has 4 heteroatoms. The molecule has 3 nitrogen and oxygen atoms in total. The molecule has 0 aliphatic carbocycles. The molecule has 2 unspecified atom stereocenters. The first-order valence-corrected chi connectivity index (χ1v) is 5.88. The SMILES string of the molecule is CSC(C)CNC(=O)CC(C)CN. The van der Waals surface area contributed by atoms with Gasteiger partial charge in [0.15, 0.2) is 0 Å². The average molecular weight is 204 g/mol. The molecule has 1 amide bonds. The number of carbonyl (C=O) groups is 1. The number of carbonyl (C=O) groups excluding carboxylic acids is 1. The van der Waals surface area contributed by atoms with E-state index >= 15 is 0 Å². The summed E-state index contributed by atoms with van der Waals surface area (Å²) in [5.41, 5.74) is 5.42. The van der Waals surface area contributed by atoms with Crippen molar-refractivity contribution in [1.82, 2.24) is 5.32 Å². The van der Waals surface area contributed by atoms with E-state index in [1.54, 1.807) is 11.8 Å². The Bertz CT molecular complexity index is 153. The van der Waals surface area contributed by atoms with E-state index in [1.165, 1.54) is 0 Å². The first-order valence-electron chi connectivity index (χ1n) is 4.59. The highest BCUT2D eigenvalue weighted by atomic mass is 32.2. The van der Waals surface area contributed by atoms with Crippen molar-refractivity contribution in [2.75, 3.05) is 19.3 Å². The fourth-order valence-electron chi connectivity index (χ4n) is 0.813. The lowest BCUT2D eigenvalue weighted by atomic mass is 10.1. The summed E-state index contributed by atoms with van der Waals surface area (Å²) in [5, 5.41) is 3.37. The van der Waals surface area contributed by atoms with Gasteiger partial charge < -0.3 is 11.1 Å². The Labute approximate surface area is 84.8 Å². The van der Waals surface area contributed by atoms with E-state index in [9.17, 15) is 4.79 Å². The molecule has 0 aromatic rings. The number of rotatable bonds is 6. The van der Waals surface area contributed by atoms with Crippen LogP contribution < -0.4 is 11.1 Å². The fraction of sp³-hybridized carbons (Fsp3) is 0.889. The Morgan fingerprint density at radius 1 is 1.54 bits per heavy atom. The van der Waals surface area contributed by atoms with Gasteiger partial charge in [0.25, 0.3) is 0 Å². The summed E-state index contributed by atoms with van der Waals surface area (Å²) in [4.78, 5) is 11.3. The molecule has 0 fully saturated rings. The molecular weight excluding hydrogens is 184 g/mol. The average Bonchev–Trinajstić information content (AvgIpc) is 2.13. The number of nitrogens with two attached hydrogens (primary N) is 1. The molecule has 2 atom stereocenters. The minimum atomic E-state index is 0.110. The number of hydrogen-bond acceptors (Lipinski definition) is 3. The molecular formula is C9H20N2OS. The van der Waals surface area contributed by atoms with E-state index in [-0.39, 0.29) is 11.8 Å². The molecule has 0 aliphatic heterocycles. The van der Waals surface area contributed by atoms with E-state index in [4.69, 9.17) is 5.73 Å². The van der Waals surface area contributed by atoms with Crippen LogP contribution in [0.2, 0.25) is 0 Å². The Balaban J connectivity index is 3.51. The van der Waals surface area contributed by atoms with Crippen molar-refractivity contribution in [3.63, 3.8) is 0 Å². The predicted molar refractivity (Wildman–Crippen MR) is 58.8 cm³/mol. The molecule has 0 heterocycles. The molecule has 0 saturated heterocycles. The van der Waals surface area contributed by atoms with Crippen LogP contribution in [0.4, 0.5) is 0 Å². The number of nitrogens with one attached hydrogen (secondary N) is 1. The second-order valence-corrected chi connectivity index (χ2v) is 4.67. The van der Waals surface area contributed by atoms with Gasteiger partial charge in [-0.25, -0.2) is 0 Å². The third-order valence-corrected chi connectivity index (χ3v) is 2.90. The van der Waals surface area contributed by atoms with Crippen LogP contribution in [-0.4, -0.2) is 30.5 Å². The maximum absolute atomic E-state index is 11.3. The standard InChI is InChI=1S/C9H20N2OS/c1-7(5-10)4-9(12)11-6-8(2)13-3/h7-8H,4-6,10H2,1-3H3,(H,11,12). The summed E-state index contributed by atoms with van der Waals surface area (Å²) >= 11 is 1.75. The summed E-state index contributed by atoms with van der Waals surface area (Å²) in [6.07, 6.45) is 2.58. The smallest absolute Gasteiger partial charge is 0.220 e. The van der Waals surface area contributed by atoms with E-state index in [1.807, 2.05) is 13.2 Å². The van der Waals surface area contributed by atoms with Gasteiger partial charge in [-0.3, -0.25) is 4.79 Å². The highest BCUT2D eigenvalue weighted by molar-refractivity contribution is 7.99. The van der Waals surface area contributed by atoms with Crippen LogP contribution in [0.15, 0.2) is 0 Å². The lowest BCUT2D eigenvalue weighted by molar-refractivity contribution is -0.121. The van der Waals surface area contributed by atoms with Crippen molar-refractivity contribution in [3.8, 4) is 0 Å². The Kier molecular flexibility index (Phi) is 7.09. The number of thioether (sulfide) groups is 1. The zero-order valence-corrected chi connectivity index (χ0v) is 9.49. The van der Waals surface area contributed by atoms with Gasteiger partial charge in [-0.05, 0) is 18.7 Å². The third-order valence-electron chi connectivity index (χ3n) is 1.93. The lowest BCUT2D eigenvalue weighted by Gasteiger charge is -2.11. The Morgan fingerprint density at radius 2 is 2.15 bits per heavy atom. The zero-order chi connectivity index (χ0) is 10.3. The van der Waals surface area contributed by atoms with Gasteiger partial charge in [0.1, 0.15) is 0 Å². The summed E-state index contributed by atoms with van der Waals surface area (Å²) in [5.74, 6) is 0.392. The van der Waals surface area contributed by atoms with Crippen molar-refractivity contribution in [2.45, 2.75) is 25.5 Å². The first-order chi connectivity index (χ1) is 6.10. The molecule has 0 aromatic carbocycles. The quantitative estimate of drug-likeness (QED) is 0.674. The van der Waals surface area contributed by atoms with Crippen LogP contribution in [0.25, 0.3) is 0 Å². The maximum atomic E-state index is 11.3. The van der Waals surface area contributed by atoms with Crippen LogP contribution in [0.3, 0.4) is 0 Å². The van der Waals surface area contributed by atoms with Crippen LogP contribution in [0, 0.1) is 5.92 Å². The van der Waals surface area contributed by atoms with Crippen molar-refractivity contribution in [1.29, 1.82) is 0 Å². The highest BCUT2D eigenvalue weighted by Crippen LogP contribution is 2.03. The zero-order valence-electron chi connectivity index (χ0n) is 8.67. The van der Waals surface area contributed by atoms with Crippen LogP contribution in [-0.2, 0) is 4.79 Å². The van der Waals surface area contributed by atoms with Crippen molar-refractivity contribution >= 4 is 17.7 Å². The predicted octanol–water partition coefficient (Wildman–Crippen LogP) is 0.839. The van der Waals surface area contributed by atoms with Crippen LogP contribution in [0.5, 0.6) is 0 Å². The molecule has 0 bridgehead atoms. The highest BCUT2D eigenvalue weighted by Gasteiger charge is 2.07. The minimum Gasteiger partial charge on any atom is -0.355 e. The van der Waals surface area contributed by atoms with Gasteiger partial charge in [-0.2, -0.15) is 11.8 Å². The second kappa shape index (κ2) is 7.21. The van der Waals surface area contributed by atoms with Gasteiger partial charge in [0, 0.05) is 18.2 Å². The molecule has 0 spiro atoms. The maximum Gasteiger partial charge on any atom is 0.220 e. The Hall–Kier alpha value is -0.220. The van der Waals surface area contributed by atoms with E-state index in [0.29, 0.717) is 18.2 Å². The van der Waals surface area contributed by atoms with Crippen LogP contribution in [0.1, 0.15) is 20.3 Å². The first kappa shape index (κ1) is 12.8. The van der Waals surface area contributed by atoms with Gasteiger partial charge in [0.05, 0.1) is 0 Å². The summed E-state index contributed by atoms with van der Waals surface area (Å²) in [6, 6.07) is 0. The van der Waals surface area contributed by atoms with Gasteiger partial charge in [-0.15, -0.1) is 0 Å². The van der Waals surface area contributed by atoms with Crippen molar-refractivity contribution in [3.05, 3.63) is 0 Å². The molecule has 0 aliphatic rings. The largest absolute Gasteiger partial charge is 0.355 e. The van der Waals surface area contributed by atoms with Crippen molar-refractivity contribution in [2.24, 2.45) is 11.7 Å². The molecule has 3 N–H and O–H groups in total. The van der Waals surface area contributed by atoms with E-state index in [2.05, 4.69) is 12.2 Å². The molecule has 13 heavy (non-hydrogen) atoms. The summed E-state index contributed by atoms with van der Waals surface area (Å²) in [6.45, 7) is 5.40. The third kappa shape index (κ3) is 6.90. The lowest BCUT2D eigenvalue weighted by Crippen LogP contribution is -2.31. The van der Waals surface area contributed by atoms with Gasteiger partial charge >= 0.3 is 0 Å². The Morgan fingerprint density at radius 3 is 2.62 bits per heavy atom. The summed E-state index contributed by atoms with van der Waals surface area (Å²) < 4.78 is 0. The topological polar surface area (TPSA) is 55.1 Å². The normalized spacial score (nSPS) is 15.1. The minimum absolute atomic E-state index is 0.110. The number of amides is 1. The van der Waals surface area contributed by atoms with Gasteiger partial charge in [0.2, 0.25) is 5.91 Å². The summed E-state index contributed by atoms with van der Waals surface area (Å²) in [7, 11) is 0. The van der Waals surface area contributed by atoms with Crippen molar-refractivity contribution < 1.29 is 4.79 Å². The van der Waals surface area contributed by atoms with E-state index in [0.717, 1.165) is 6.54 Å². The molecule has 78 valence electrons. The van der Waals surface area contributed by atoms with E-state index < -0.39 is 0 Å². The molecule has 0 rings (SSSR count). The molecule has 0 radical (unpaired) electrons.